The van der Waals surface area contributed by atoms with E-state index in [4.69, 9.17) is 13.7 Å². The molecule has 3 heterocycles. The zero-order chi connectivity index (χ0) is 17.6. The van der Waals surface area contributed by atoms with Crippen LogP contribution in [0.1, 0.15) is 25.2 Å². The summed E-state index contributed by atoms with van der Waals surface area (Å²) >= 11 is 0. The van der Waals surface area contributed by atoms with E-state index in [1.807, 2.05) is 0 Å². The van der Waals surface area contributed by atoms with Crippen LogP contribution in [0.4, 0.5) is 4.79 Å². The fourth-order valence-corrected chi connectivity index (χ4v) is 2.72. The molecule has 9 heteroatoms. The Hall–Kier alpha value is -2.84. The van der Waals surface area contributed by atoms with Crippen LogP contribution >= 0.6 is 0 Å². The average Bonchev–Trinajstić information content (AvgIpc) is 3.31. The van der Waals surface area contributed by atoms with Crippen molar-refractivity contribution in [3.8, 4) is 11.6 Å². The van der Waals surface area contributed by atoms with Crippen molar-refractivity contribution in [3.63, 3.8) is 0 Å². The number of hydrogen-bond donors (Lipinski definition) is 1. The molecule has 3 rings (SSSR count). The van der Waals surface area contributed by atoms with E-state index in [9.17, 15) is 9.59 Å². The molecule has 1 aliphatic heterocycles. The number of carbonyl (C=O) groups is 2. The number of ether oxygens (including phenoxy) is 1. The molecule has 25 heavy (non-hydrogen) atoms. The van der Waals surface area contributed by atoms with E-state index in [1.54, 1.807) is 17.0 Å². The van der Waals surface area contributed by atoms with Crippen molar-refractivity contribution < 1.29 is 23.3 Å². The van der Waals surface area contributed by atoms with E-state index < -0.39 is 0 Å². The summed E-state index contributed by atoms with van der Waals surface area (Å²) in [5.74, 6) is 1.21. The number of nitrogens with zero attached hydrogens (tertiary/aromatic N) is 3. The normalized spacial score (nSPS) is 15.2. The summed E-state index contributed by atoms with van der Waals surface area (Å²) in [4.78, 5) is 29.3. The molecule has 2 aromatic rings. The Labute approximate surface area is 144 Å². The second-order valence-electron chi connectivity index (χ2n) is 5.79. The van der Waals surface area contributed by atoms with E-state index in [1.165, 1.54) is 13.4 Å². The largest absolute Gasteiger partial charge is 0.461 e. The topological polar surface area (TPSA) is 111 Å². The molecule has 9 nitrogen and oxygen atoms in total. The summed E-state index contributed by atoms with van der Waals surface area (Å²) in [7, 11) is 1.37. The number of likely N-dealkylation sites (tertiary alicyclic amines) is 1. The molecule has 2 aromatic heterocycles. The Morgan fingerprint density at radius 1 is 1.40 bits per heavy atom. The van der Waals surface area contributed by atoms with E-state index in [0.29, 0.717) is 49.8 Å². The van der Waals surface area contributed by atoms with Gasteiger partial charge in [0.15, 0.2) is 5.76 Å². The summed E-state index contributed by atoms with van der Waals surface area (Å²) in [6.45, 7) is 1.15. The first kappa shape index (κ1) is 17.0. The van der Waals surface area contributed by atoms with Crippen molar-refractivity contribution in [1.29, 1.82) is 0 Å². The smallest absolute Gasteiger partial charge is 0.409 e. The molecule has 0 aliphatic carbocycles. The van der Waals surface area contributed by atoms with Gasteiger partial charge in [0, 0.05) is 32.0 Å². The number of furan rings is 1. The number of amides is 2. The summed E-state index contributed by atoms with van der Waals surface area (Å²) in [5.41, 5.74) is 0. The van der Waals surface area contributed by atoms with Crippen LogP contribution in [0, 0.1) is 0 Å². The van der Waals surface area contributed by atoms with Crippen molar-refractivity contribution in [2.24, 2.45) is 0 Å². The van der Waals surface area contributed by atoms with Gasteiger partial charge in [0.2, 0.25) is 17.6 Å². The Bertz CT molecular complexity index is 704. The van der Waals surface area contributed by atoms with Gasteiger partial charge in [-0.2, -0.15) is 4.98 Å². The monoisotopic (exact) mass is 348 g/mol. The predicted molar refractivity (Wildman–Crippen MR) is 85.5 cm³/mol. The number of hydrogen-bond acceptors (Lipinski definition) is 7. The second kappa shape index (κ2) is 7.82. The van der Waals surface area contributed by atoms with Crippen LogP contribution in [0.2, 0.25) is 0 Å². The molecular weight excluding hydrogens is 328 g/mol. The molecule has 0 radical (unpaired) electrons. The molecule has 1 fully saturated rings. The summed E-state index contributed by atoms with van der Waals surface area (Å²) < 4.78 is 15.0. The van der Waals surface area contributed by atoms with Gasteiger partial charge in [0.25, 0.3) is 0 Å². The molecule has 134 valence electrons. The average molecular weight is 348 g/mol. The number of carbonyl (C=O) groups excluding carboxylic acids is 2. The van der Waals surface area contributed by atoms with E-state index >= 15 is 0 Å². The number of piperidine rings is 1. The van der Waals surface area contributed by atoms with E-state index in [0.717, 1.165) is 0 Å². The molecule has 0 unspecified atom stereocenters. The van der Waals surface area contributed by atoms with Crippen LogP contribution < -0.4 is 5.32 Å². The third-order valence-electron chi connectivity index (χ3n) is 4.07. The van der Waals surface area contributed by atoms with Crippen molar-refractivity contribution in [2.75, 3.05) is 20.2 Å². The third kappa shape index (κ3) is 4.37. The first-order valence-electron chi connectivity index (χ1n) is 8.14. The number of rotatable bonds is 5. The van der Waals surface area contributed by atoms with Gasteiger partial charge in [-0.25, -0.2) is 4.79 Å². The fraction of sp³-hybridized carbons (Fsp3) is 0.500. The van der Waals surface area contributed by atoms with Crippen LogP contribution in [0.25, 0.3) is 11.6 Å². The highest BCUT2D eigenvalue weighted by Gasteiger charge is 2.24. The minimum Gasteiger partial charge on any atom is -0.461 e. The molecule has 1 saturated heterocycles. The first-order valence-corrected chi connectivity index (χ1v) is 8.14. The maximum atomic E-state index is 12.1. The predicted octanol–water partition coefficient (Wildman–Crippen LogP) is 1.61. The lowest BCUT2D eigenvalue weighted by atomic mass is 10.1. The van der Waals surface area contributed by atoms with Gasteiger partial charge in [-0.05, 0) is 25.0 Å². The van der Waals surface area contributed by atoms with Crippen molar-refractivity contribution in [1.82, 2.24) is 20.4 Å². The highest BCUT2D eigenvalue weighted by molar-refractivity contribution is 5.76. The quantitative estimate of drug-likeness (QED) is 0.874. The zero-order valence-electron chi connectivity index (χ0n) is 13.9. The van der Waals surface area contributed by atoms with E-state index in [2.05, 4.69) is 15.5 Å². The molecule has 0 saturated carbocycles. The van der Waals surface area contributed by atoms with Gasteiger partial charge in [0.05, 0.1) is 13.4 Å². The van der Waals surface area contributed by atoms with Crippen LogP contribution in [-0.2, 0) is 16.0 Å². The summed E-state index contributed by atoms with van der Waals surface area (Å²) in [5, 5.41) is 6.80. The van der Waals surface area contributed by atoms with Crippen molar-refractivity contribution in [3.05, 3.63) is 24.3 Å². The van der Waals surface area contributed by atoms with E-state index in [-0.39, 0.29) is 24.5 Å². The molecule has 0 spiro atoms. The maximum Gasteiger partial charge on any atom is 0.409 e. The Morgan fingerprint density at radius 2 is 2.20 bits per heavy atom. The zero-order valence-corrected chi connectivity index (χ0v) is 13.9. The van der Waals surface area contributed by atoms with Gasteiger partial charge >= 0.3 is 6.09 Å². The molecule has 1 N–H and O–H groups in total. The Morgan fingerprint density at radius 3 is 2.88 bits per heavy atom. The third-order valence-corrected chi connectivity index (χ3v) is 4.07. The molecule has 0 atom stereocenters. The highest BCUT2D eigenvalue weighted by atomic mass is 16.5. The summed E-state index contributed by atoms with van der Waals surface area (Å²) in [6.07, 6.45) is 3.25. The second-order valence-corrected chi connectivity index (χ2v) is 5.79. The van der Waals surface area contributed by atoms with Gasteiger partial charge < -0.3 is 23.9 Å². The van der Waals surface area contributed by atoms with Crippen LogP contribution in [-0.4, -0.2) is 53.3 Å². The minimum absolute atomic E-state index is 0.0646. The van der Waals surface area contributed by atoms with Gasteiger partial charge in [-0.15, -0.1) is 0 Å². The molecule has 1 aliphatic rings. The standard InChI is InChI=1S/C16H20N4O5/c1-23-16(22)20-8-6-11(7-9-20)17-13(21)4-5-14-18-15(19-25-14)12-3-2-10-24-12/h2-3,10-11H,4-9H2,1H3,(H,17,21). The highest BCUT2D eigenvalue weighted by Crippen LogP contribution is 2.16. The lowest BCUT2D eigenvalue weighted by Gasteiger charge is -2.31. The lowest BCUT2D eigenvalue weighted by molar-refractivity contribution is -0.122. The molecule has 2 amide bonds. The molecular formula is C16H20N4O5. The number of aromatic nitrogens is 2. The Kier molecular flexibility index (Phi) is 5.32. The lowest BCUT2D eigenvalue weighted by Crippen LogP contribution is -2.46. The number of nitrogens with one attached hydrogen (secondary N) is 1. The van der Waals surface area contributed by atoms with Crippen molar-refractivity contribution >= 4 is 12.0 Å². The van der Waals surface area contributed by atoms with Crippen molar-refractivity contribution in [2.45, 2.75) is 31.7 Å². The number of methoxy groups -OCH3 is 1. The van der Waals surface area contributed by atoms with Gasteiger partial charge in [-0.3, -0.25) is 4.79 Å². The minimum atomic E-state index is -0.325. The maximum absolute atomic E-state index is 12.1. The number of aryl methyl sites for hydroxylation is 1. The Balaban J connectivity index is 1.41. The molecule has 0 aromatic carbocycles. The van der Waals surface area contributed by atoms with Crippen LogP contribution in [0.3, 0.4) is 0 Å². The first-order chi connectivity index (χ1) is 12.2. The fourth-order valence-electron chi connectivity index (χ4n) is 2.72. The van der Waals surface area contributed by atoms with Gasteiger partial charge in [0.1, 0.15) is 0 Å². The van der Waals surface area contributed by atoms with Gasteiger partial charge in [-0.1, -0.05) is 5.16 Å². The SMILES string of the molecule is COC(=O)N1CCC(NC(=O)CCc2nc(-c3ccco3)no2)CC1. The molecule has 0 bridgehead atoms. The van der Waals surface area contributed by atoms with Crippen LogP contribution in [0.15, 0.2) is 27.3 Å². The summed E-state index contributed by atoms with van der Waals surface area (Å²) in [6, 6.07) is 3.54. The van der Waals surface area contributed by atoms with Crippen LogP contribution in [0.5, 0.6) is 0 Å².